The molecule has 0 bridgehead atoms. The van der Waals surface area contributed by atoms with Crippen molar-refractivity contribution < 1.29 is 4.79 Å². The molecule has 5 nitrogen and oxygen atoms in total. The quantitative estimate of drug-likeness (QED) is 0.894. The fourth-order valence-corrected chi connectivity index (χ4v) is 4.25. The normalized spacial score (nSPS) is 25.9. The Labute approximate surface area is 128 Å². The molecule has 2 unspecified atom stereocenters. The Morgan fingerprint density at radius 3 is 2.57 bits per heavy atom. The van der Waals surface area contributed by atoms with Gasteiger partial charge in [0.25, 0.3) is 5.91 Å². The molecule has 112 valence electrons. The predicted octanol–water partition coefficient (Wildman–Crippen LogP) is 2.83. The third kappa shape index (κ3) is 2.85. The highest BCUT2D eigenvalue weighted by Crippen LogP contribution is 2.32. The van der Waals surface area contributed by atoms with Crippen LogP contribution in [0.2, 0.25) is 0 Å². The van der Waals surface area contributed by atoms with Gasteiger partial charge in [0.1, 0.15) is 15.2 Å². The van der Waals surface area contributed by atoms with Crippen LogP contribution < -0.4 is 11.1 Å². The number of aromatic nitrogens is 2. The fourth-order valence-electron chi connectivity index (χ4n) is 3.33. The van der Waals surface area contributed by atoms with E-state index in [1.54, 1.807) is 12.4 Å². The molecule has 3 N–H and O–H groups in total. The van der Waals surface area contributed by atoms with Crippen molar-refractivity contribution in [1.29, 1.82) is 0 Å². The summed E-state index contributed by atoms with van der Waals surface area (Å²) in [6, 6.07) is 0.238. The van der Waals surface area contributed by atoms with Crippen molar-refractivity contribution in [3.05, 3.63) is 17.3 Å². The molecule has 0 radical (unpaired) electrons. The Morgan fingerprint density at radius 2 is 1.90 bits per heavy atom. The summed E-state index contributed by atoms with van der Waals surface area (Å²) in [7, 11) is 0. The second kappa shape index (κ2) is 5.60. The van der Waals surface area contributed by atoms with E-state index in [1.807, 2.05) is 0 Å². The zero-order valence-corrected chi connectivity index (χ0v) is 13.1. The van der Waals surface area contributed by atoms with Crippen LogP contribution in [0.5, 0.6) is 0 Å². The lowest BCUT2D eigenvalue weighted by atomic mass is 9.80. The molecule has 2 aromatic rings. The van der Waals surface area contributed by atoms with Crippen molar-refractivity contribution in [3.63, 3.8) is 0 Å². The lowest BCUT2D eigenvalue weighted by Crippen LogP contribution is -2.39. The average molecular weight is 304 g/mol. The smallest absolute Gasteiger partial charge is 0.263 e. The van der Waals surface area contributed by atoms with Crippen LogP contribution in [-0.4, -0.2) is 21.9 Å². The van der Waals surface area contributed by atoms with E-state index in [9.17, 15) is 4.79 Å². The van der Waals surface area contributed by atoms with E-state index < -0.39 is 0 Å². The topological polar surface area (TPSA) is 80.9 Å². The van der Waals surface area contributed by atoms with Gasteiger partial charge in [0, 0.05) is 18.4 Å². The number of rotatable bonds is 2. The van der Waals surface area contributed by atoms with Crippen molar-refractivity contribution in [1.82, 2.24) is 15.3 Å². The molecule has 21 heavy (non-hydrogen) atoms. The number of nitrogen functional groups attached to an aromatic ring is 1. The minimum absolute atomic E-state index is 0.0939. The largest absolute Gasteiger partial charge is 0.396 e. The summed E-state index contributed by atoms with van der Waals surface area (Å²) in [6.45, 7) is 4.49. The van der Waals surface area contributed by atoms with Gasteiger partial charge in [-0.15, -0.1) is 11.3 Å². The van der Waals surface area contributed by atoms with Crippen molar-refractivity contribution >= 4 is 33.3 Å². The summed E-state index contributed by atoms with van der Waals surface area (Å²) in [6.07, 6.45) is 6.53. The molecule has 2 heterocycles. The molecular weight excluding hydrogens is 284 g/mol. The highest BCUT2D eigenvalue weighted by molar-refractivity contribution is 7.21. The Hall–Kier alpha value is -1.69. The van der Waals surface area contributed by atoms with Crippen LogP contribution in [0.1, 0.15) is 42.8 Å². The SMILES string of the molecule is CC1CC(C)CC(NC(=O)c2sc3nccnc3c2N)C1. The van der Waals surface area contributed by atoms with E-state index in [0.29, 0.717) is 32.7 Å². The van der Waals surface area contributed by atoms with Crippen LogP contribution in [0.25, 0.3) is 10.3 Å². The van der Waals surface area contributed by atoms with Gasteiger partial charge in [-0.3, -0.25) is 4.79 Å². The summed E-state index contributed by atoms with van der Waals surface area (Å²) in [5.41, 5.74) is 7.11. The Morgan fingerprint density at radius 1 is 1.24 bits per heavy atom. The number of nitrogens with two attached hydrogens (primary N) is 1. The third-order valence-corrected chi connectivity index (χ3v) is 5.18. The number of anilines is 1. The molecule has 2 atom stereocenters. The summed E-state index contributed by atoms with van der Waals surface area (Å²) < 4.78 is 0. The first-order valence-corrected chi connectivity index (χ1v) is 8.16. The lowest BCUT2D eigenvalue weighted by molar-refractivity contribution is 0.0916. The first-order chi connectivity index (χ1) is 10.0. The standard InChI is InChI=1S/C15H20N4OS/c1-8-5-9(2)7-10(6-8)19-14(20)13-11(16)12-15(21-13)18-4-3-17-12/h3-4,8-10H,5-7,16H2,1-2H3,(H,19,20). The first kappa shape index (κ1) is 14.3. The Bertz CT molecular complexity index is 659. The number of thiophene rings is 1. The second-order valence-corrected chi connectivity index (χ2v) is 7.14. The Kier molecular flexibility index (Phi) is 3.80. The monoisotopic (exact) mass is 304 g/mol. The molecule has 1 aliphatic carbocycles. The summed E-state index contributed by atoms with van der Waals surface area (Å²) in [5.74, 6) is 1.22. The molecule has 0 aromatic carbocycles. The average Bonchev–Trinajstić information content (AvgIpc) is 2.76. The van der Waals surface area contributed by atoms with E-state index in [2.05, 4.69) is 29.1 Å². The zero-order chi connectivity index (χ0) is 15.0. The summed E-state index contributed by atoms with van der Waals surface area (Å²) in [5, 5.41) is 3.13. The number of carbonyl (C=O) groups is 1. The van der Waals surface area contributed by atoms with Crippen molar-refractivity contribution in [2.24, 2.45) is 11.8 Å². The fraction of sp³-hybridized carbons (Fsp3) is 0.533. The molecule has 2 aromatic heterocycles. The summed E-state index contributed by atoms with van der Waals surface area (Å²) in [4.78, 5) is 22.1. The molecule has 1 saturated carbocycles. The van der Waals surface area contributed by atoms with E-state index in [4.69, 9.17) is 5.73 Å². The molecule has 0 aliphatic heterocycles. The van der Waals surface area contributed by atoms with Crippen LogP contribution in [0.4, 0.5) is 5.69 Å². The van der Waals surface area contributed by atoms with Crippen LogP contribution in [0.15, 0.2) is 12.4 Å². The first-order valence-electron chi connectivity index (χ1n) is 7.34. The molecule has 0 spiro atoms. The molecule has 6 heteroatoms. The molecule has 1 fully saturated rings. The van der Waals surface area contributed by atoms with Crippen LogP contribution in [0.3, 0.4) is 0 Å². The number of hydrogen-bond donors (Lipinski definition) is 2. The minimum Gasteiger partial charge on any atom is -0.396 e. The maximum atomic E-state index is 12.5. The maximum absolute atomic E-state index is 12.5. The molecular formula is C15H20N4OS. The van der Waals surface area contributed by atoms with Gasteiger partial charge in [0.15, 0.2) is 0 Å². The number of fused-ring (bicyclic) bond motifs is 1. The van der Waals surface area contributed by atoms with Gasteiger partial charge in [-0.1, -0.05) is 13.8 Å². The number of hydrogen-bond acceptors (Lipinski definition) is 5. The lowest BCUT2D eigenvalue weighted by Gasteiger charge is -2.31. The van der Waals surface area contributed by atoms with Gasteiger partial charge in [-0.2, -0.15) is 0 Å². The number of amides is 1. The van der Waals surface area contributed by atoms with E-state index >= 15 is 0 Å². The van der Waals surface area contributed by atoms with Gasteiger partial charge in [-0.05, 0) is 31.1 Å². The van der Waals surface area contributed by atoms with Crippen molar-refractivity contribution in [2.45, 2.75) is 39.2 Å². The van der Waals surface area contributed by atoms with Gasteiger partial charge in [0.05, 0.1) is 5.69 Å². The van der Waals surface area contributed by atoms with Gasteiger partial charge < -0.3 is 11.1 Å². The van der Waals surface area contributed by atoms with Crippen LogP contribution in [0, 0.1) is 11.8 Å². The molecule has 3 rings (SSSR count). The number of nitrogens with zero attached hydrogens (tertiary/aromatic N) is 2. The summed E-state index contributed by atoms with van der Waals surface area (Å²) >= 11 is 1.31. The van der Waals surface area contributed by atoms with Crippen LogP contribution in [-0.2, 0) is 0 Å². The number of nitrogens with one attached hydrogen (secondary N) is 1. The van der Waals surface area contributed by atoms with E-state index in [-0.39, 0.29) is 11.9 Å². The van der Waals surface area contributed by atoms with Crippen LogP contribution >= 0.6 is 11.3 Å². The minimum atomic E-state index is -0.0939. The molecule has 1 aliphatic rings. The Balaban J connectivity index is 1.79. The van der Waals surface area contributed by atoms with E-state index in [1.165, 1.54) is 17.8 Å². The van der Waals surface area contributed by atoms with Gasteiger partial charge in [-0.25, -0.2) is 9.97 Å². The second-order valence-electron chi connectivity index (χ2n) is 6.14. The maximum Gasteiger partial charge on any atom is 0.263 e. The van der Waals surface area contributed by atoms with Crippen molar-refractivity contribution in [2.75, 3.05) is 5.73 Å². The van der Waals surface area contributed by atoms with E-state index in [0.717, 1.165) is 12.8 Å². The van der Waals surface area contributed by atoms with Gasteiger partial charge >= 0.3 is 0 Å². The molecule has 0 saturated heterocycles. The highest BCUT2D eigenvalue weighted by Gasteiger charge is 2.27. The zero-order valence-electron chi connectivity index (χ0n) is 12.3. The third-order valence-electron chi connectivity index (χ3n) is 4.08. The highest BCUT2D eigenvalue weighted by atomic mass is 32.1. The predicted molar refractivity (Wildman–Crippen MR) is 85.3 cm³/mol. The molecule has 1 amide bonds. The van der Waals surface area contributed by atoms with Crippen molar-refractivity contribution in [3.8, 4) is 0 Å². The number of carbonyl (C=O) groups excluding carboxylic acids is 1. The van der Waals surface area contributed by atoms with Gasteiger partial charge in [0.2, 0.25) is 0 Å².